The normalized spacial score (nSPS) is 22.2. The number of nitrogens with one attached hydrogen (secondary N) is 2. The molecule has 5 heteroatoms. The molecule has 2 N–H and O–H groups in total. The van der Waals surface area contributed by atoms with E-state index in [0.29, 0.717) is 6.04 Å². The maximum Gasteiger partial charge on any atom is 0.119 e. The molecule has 3 heterocycles. The van der Waals surface area contributed by atoms with Crippen LogP contribution in [0, 0.1) is 0 Å². The number of hydrogen-bond acceptors (Lipinski definition) is 4. The fourth-order valence-corrected chi connectivity index (χ4v) is 3.80. The second-order valence-corrected chi connectivity index (χ2v) is 6.43. The van der Waals surface area contributed by atoms with E-state index in [-0.39, 0.29) is 0 Å². The number of hydrogen-bond donors (Lipinski definition) is 2. The largest absolute Gasteiger partial charge is 0.497 e. The molecule has 4 rings (SSSR count). The maximum atomic E-state index is 5.43. The van der Waals surface area contributed by atoms with Gasteiger partial charge in [0, 0.05) is 42.3 Å². The lowest BCUT2D eigenvalue weighted by molar-refractivity contribution is 0.0360. The summed E-state index contributed by atoms with van der Waals surface area (Å²) in [6.07, 6.45) is 2.22. The van der Waals surface area contributed by atoms with Gasteiger partial charge in [0.1, 0.15) is 5.75 Å². The van der Waals surface area contributed by atoms with E-state index in [0.717, 1.165) is 58.0 Å². The number of nitrogens with zero attached hydrogens (tertiary/aromatic N) is 1. The fourth-order valence-electron chi connectivity index (χ4n) is 3.80. The van der Waals surface area contributed by atoms with Crippen LogP contribution in [0.15, 0.2) is 18.2 Å². The van der Waals surface area contributed by atoms with Crippen LogP contribution in [-0.4, -0.2) is 56.4 Å². The Morgan fingerprint density at radius 2 is 2.17 bits per heavy atom. The summed E-state index contributed by atoms with van der Waals surface area (Å²) in [6.45, 7) is 6.03. The Morgan fingerprint density at radius 1 is 1.30 bits per heavy atom. The SMILES string of the molecule is COc1ccc2[nH]c3c(c2c1)CCN[C@@H]3CCN1CCOCC1. The van der Waals surface area contributed by atoms with E-state index in [4.69, 9.17) is 9.47 Å². The first-order valence-corrected chi connectivity index (χ1v) is 8.57. The fraction of sp³-hybridized carbons (Fsp3) is 0.556. The molecule has 23 heavy (non-hydrogen) atoms. The molecule has 0 bridgehead atoms. The zero-order valence-electron chi connectivity index (χ0n) is 13.7. The second kappa shape index (κ2) is 6.51. The Bertz CT molecular complexity index is 676. The van der Waals surface area contributed by atoms with E-state index >= 15 is 0 Å². The van der Waals surface area contributed by atoms with Crippen molar-refractivity contribution in [2.75, 3.05) is 46.5 Å². The Morgan fingerprint density at radius 3 is 3.00 bits per heavy atom. The zero-order chi connectivity index (χ0) is 15.6. The van der Waals surface area contributed by atoms with Crippen molar-refractivity contribution in [3.8, 4) is 5.75 Å². The van der Waals surface area contributed by atoms with Crippen LogP contribution in [0.5, 0.6) is 5.75 Å². The molecule has 0 spiro atoms. The summed E-state index contributed by atoms with van der Waals surface area (Å²) in [5.74, 6) is 0.933. The molecular weight excluding hydrogens is 290 g/mol. The summed E-state index contributed by atoms with van der Waals surface area (Å²) in [5, 5.41) is 5.00. The van der Waals surface area contributed by atoms with E-state index in [1.165, 1.54) is 22.2 Å². The van der Waals surface area contributed by atoms with Gasteiger partial charge in [0.2, 0.25) is 0 Å². The minimum absolute atomic E-state index is 0.417. The first-order chi connectivity index (χ1) is 11.3. The number of aromatic amines is 1. The van der Waals surface area contributed by atoms with Gasteiger partial charge in [-0.05, 0) is 43.1 Å². The molecule has 0 saturated carbocycles. The van der Waals surface area contributed by atoms with Crippen LogP contribution in [-0.2, 0) is 11.2 Å². The van der Waals surface area contributed by atoms with Gasteiger partial charge in [-0.25, -0.2) is 0 Å². The van der Waals surface area contributed by atoms with Crippen LogP contribution in [0.3, 0.4) is 0 Å². The summed E-state index contributed by atoms with van der Waals surface area (Å²) in [6, 6.07) is 6.74. The number of rotatable bonds is 4. The minimum atomic E-state index is 0.417. The lowest BCUT2D eigenvalue weighted by Crippen LogP contribution is -2.39. The Balaban J connectivity index is 1.55. The third-order valence-corrected chi connectivity index (χ3v) is 5.10. The zero-order valence-corrected chi connectivity index (χ0v) is 13.7. The molecule has 1 saturated heterocycles. The number of benzene rings is 1. The summed E-state index contributed by atoms with van der Waals surface area (Å²) in [5.41, 5.74) is 4.05. The van der Waals surface area contributed by atoms with Gasteiger partial charge in [0.15, 0.2) is 0 Å². The summed E-state index contributed by atoms with van der Waals surface area (Å²) in [7, 11) is 1.73. The molecule has 1 atom stereocenters. The lowest BCUT2D eigenvalue weighted by Gasteiger charge is -2.30. The topological polar surface area (TPSA) is 49.5 Å². The Labute approximate surface area is 136 Å². The van der Waals surface area contributed by atoms with Crippen molar-refractivity contribution in [1.29, 1.82) is 0 Å². The van der Waals surface area contributed by atoms with E-state index in [1.807, 2.05) is 6.07 Å². The quantitative estimate of drug-likeness (QED) is 0.907. The standard InChI is InChI=1S/C18H25N3O2/c1-22-13-2-3-16-15(12-13)14-4-6-19-17(18(14)20-16)5-7-21-8-10-23-11-9-21/h2-3,12,17,19-20H,4-11H2,1H3/t17-/m1/s1. The molecule has 0 amide bonds. The third-order valence-electron chi connectivity index (χ3n) is 5.10. The highest BCUT2D eigenvalue weighted by Crippen LogP contribution is 2.33. The number of fused-ring (bicyclic) bond motifs is 3. The van der Waals surface area contributed by atoms with Crippen molar-refractivity contribution in [3.05, 3.63) is 29.5 Å². The average molecular weight is 315 g/mol. The predicted octanol–water partition coefficient (Wildman–Crippen LogP) is 2.09. The highest BCUT2D eigenvalue weighted by Gasteiger charge is 2.24. The van der Waals surface area contributed by atoms with E-state index < -0.39 is 0 Å². The summed E-state index contributed by atoms with van der Waals surface area (Å²) < 4.78 is 10.8. The highest BCUT2D eigenvalue weighted by atomic mass is 16.5. The number of H-pyrrole nitrogens is 1. The van der Waals surface area contributed by atoms with Crippen molar-refractivity contribution in [3.63, 3.8) is 0 Å². The van der Waals surface area contributed by atoms with E-state index in [1.54, 1.807) is 7.11 Å². The predicted molar refractivity (Wildman–Crippen MR) is 91.2 cm³/mol. The van der Waals surface area contributed by atoms with Gasteiger partial charge in [-0.3, -0.25) is 4.90 Å². The van der Waals surface area contributed by atoms with Crippen LogP contribution >= 0.6 is 0 Å². The Hall–Kier alpha value is -1.56. The number of methoxy groups -OCH3 is 1. The van der Waals surface area contributed by atoms with Gasteiger partial charge < -0.3 is 19.8 Å². The number of ether oxygens (including phenoxy) is 2. The molecule has 0 aliphatic carbocycles. The van der Waals surface area contributed by atoms with Crippen molar-refractivity contribution in [2.45, 2.75) is 18.9 Å². The first-order valence-electron chi connectivity index (χ1n) is 8.57. The monoisotopic (exact) mass is 315 g/mol. The molecule has 2 aromatic rings. The molecule has 124 valence electrons. The molecular formula is C18H25N3O2. The highest BCUT2D eigenvalue weighted by molar-refractivity contribution is 5.86. The van der Waals surface area contributed by atoms with Gasteiger partial charge >= 0.3 is 0 Å². The molecule has 2 aliphatic rings. The van der Waals surface area contributed by atoms with Crippen molar-refractivity contribution >= 4 is 10.9 Å². The second-order valence-electron chi connectivity index (χ2n) is 6.43. The summed E-state index contributed by atoms with van der Waals surface area (Å²) >= 11 is 0. The maximum absolute atomic E-state index is 5.43. The van der Waals surface area contributed by atoms with E-state index in [2.05, 4.69) is 27.3 Å². The molecule has 5 nitrogen and oxygen atoms in total. The first kappa shape index (κ1) is 15.0. The van der Waals surface area contributed by atoms with Gasteiger partial charge in [-0.15, -0.1) is 0 Å². The van der Waals surface area contributed by atoms with Gasteiger partial charge in [-0.2, -0.15) is 0 Å². The van der Waals surface area contributed by atoms with Gasteiger partial charge in [0.05, 0.1) is 20.3 Å². The molecule has 1 aromatic heterocycles. The van der Waals surface area contributed by atoms with Gasteiger partial charge in [0.25, 0.3) is 0 Å². The number of morpholine rings is 1. The van der Waals surface area contributed by atoms with Crippen LogP contribution in [0.4, 0.5) is 0 Å². The molecule has 0 radical (unpaired) electrons. The van der Waals surface area contributed by atoms with Gasteiger partial charge in [-0.1, -0.05) is 0 Å². The smallest absolute Gasteiger partial charge is 0.119 e. The molecule has 1 fully saturated rings. The van der Waals surface area contributed by atoms with E-state index in [9.17, 15) is 0 Å². The molecule has 1 aromatic carbocycles. The van der Waals surface area contributed by atoms with Crippen molar-refractivity contribution in [2.24, 2.45) is 0 Å². The van der Waals surface area contributed by atoms with Crippen LogP contribution in [0.25, 0.3) is 10.9 Å². The van der Waals surface area contributed by atoms with Crippen molar-refractivity contribution in [1.82, 2.24) is 15.2 Å². The lowest BCUT2D eigenvalue weighted by atomic mass is 9.97. The summed E-state index contributed by atoms with van der Waals surface area (Å²) in [4.78, 5) is 6.15. The van der Waals surface area contributed by atoms with Crippen LogP contribution in [0.1, 0.15) is 23.7 Å². The molecule has 2 aliphatic heterocycles. The number of aromatic nitrogens is 1. The van der Waals surface area contributed by atoms with Crippen LogP contribution in [0.2, 0.25) is 0 Å². The minimum Gasteiger partial charge on any atom is -0.497 e. The third kappa shape index (κ3) is 2.96. The van der Waals surface area contributed by atoms with Crippen LogP contribution < -0.4 is 10.1 Å². The Kier molecular flexibility index (Phi) is 4.25. The molecule has 0 unspecified atom stereocenters. The average Bonchev–Trinajstić information content (AvgIpc) is 2.99. The van der Waals surface area contributed by atoms with Crippen molar-refractivity contribution < 1.29 is 9.47 Å².